The molecule has 1 aliphatic rings. The number of hydrogen-bond donors (Lipinski definition) is 2. The van der Waals surface area contributed by atoms with Gasteiger partial charge in [-0.2, -0.15) is 0 Å². The smallest absolute Gasteiger partial charge is 0.227 e. The zero-order chi connectivity index (χ0) is 21.1. The molecule has 0 saturated carbocycles. The summed E-state index contributed by atoms with van der Waals surface area (Å²) >= 11 is 3.49. The van der Waals surface area contributed by atoms with Crippen LogP contribution in [-0.2, 0) is 4.79 Å². The summed E-state index contributed by atoms with van der Waals surface area (Å²) < 4.78 is 0.993. The largest absolute Gasteiger partial charge is 0.381 e. The maximum absolute atomic E-state index is 12.9. The number of anilines is 2. The molecule has 2 N–H and O–H groups in total. The summed E-state index contributed by atoms with van der Waals surface area (Å²) in [7, 11) is 0. The van der Waals surface area contributed by atoms with Crippen LogP contribution in [0.25, 0.3) is 5.57 Å². The SMILES string of the molecule is C=CC1=CCNc2cc(NC(=O)C(C)C(C)c3cccc(Br)c3)cc(C(C)=O)c21. The number of carbonyl (C=O) groups excluding carboxylic acids is 2. The number of fused-ring (bicyclic) bond motifs is 1. The van der Waals surface area contributed by atoms with E-state index in [0.717, 1.165) is 26.9 Å². The van der Waals surface area contributed by atoms with Crippen molar-refractivity contribution in [1.82, 2.24) is 0 Å². The highest BCUT2D eigenvalue weighted by molar-refractivity contribution is 9.10. The summed E-state index contributed by atoms with van der Waals surface area (Å²) in [6.45, 7) is 10.0. The standard InChI is InChI=1S/C24H25BrN2O2/c1-5-17-9-10-26-22-13-20(12-21(16(4)28)23(17)22)27-24(29)15(3)14(2)18-7-6-8-19(25)11-18/h5-9,11-15,26H,1,10H2,2-4H3,(H,27,29). The van der Waals surface area contributed by atoms with Gasteiger partial charge in [-0.25, -0.2) is 0 Å². The Balaban J connectivity index is 1.87. The van der Waals surface area contributed by atoms with E-state index in [9.17, 15) is 9.59 Å². The molecule has 0 spiro atoms. The lowest BCUT2D eigenvalue weighted by Gasteiger charge is -2.23. The molecule has 0 aromatic heterocycles. The van der Waals surface area contributed by atoms with Gasteiger partial charge in [-0.05, 0) is 48.2 Å². The number of amides is 1. The number of carbonyl (C=O) groups is 2. The second-order valence-corrected chi connectivity index (χ2v) is 8.28. The van der Waals surface area contributed by atoms with E-state index in [-0.39, 0.29) is 23.5 Å². The Morgan fingerprint density at radius 1 is 1.24 bits per heavy atom. The Morgan fingerprint density at radius 2 is 2.00 bits per heavy atom. The Bertz CT molecular complexity index is 1010. The van der Waals surface area contributed by atoms with Crippen LogP contribution in [0.2, 0.25) is 0 Å². The van der Waals surface area contributed by atoms with E-state index >= 15 is 0 Å². The van der Waals surface area contributed by atoms with Crippen molar-refractivity contribution < 1.29 is 9.59 Å². The molecule has 2 aromatic rings. The van der Waals surface area contributed by atoms with E-state index < -0.39 is 0 Å². The van der Waals surface area contributed by atoms with E-state index in [1.807, 2.05) is 50.3 Å². The van der Waals surface area contributed by atoms with Gasteiger partial charge < -0.3 is 10.6 Å². The third kappa shape index (κ3) is 4.51. The summed E-state index contributed by atoms with van der Waals surface area (Å²) in [5.74, 6) is -0.324. The van der Waals surface area contributed by atoms with Gasteiger partial charge in [0, 0.05) is 39.4 Å². The predicted octanol–water partition coefficient (Wildman–Crippen LogP) is 6.02. The molecule has 150 valence electrons. The minimum absolute atomic E-state index is 0.0471. The van der Waals surface area contributed by atoms with E-state index in [1.165, 1.54) is 6.92 Å². The molecule has 0 bridgehead atoms. The van der Waals surface area contributed by atoms with Crippen molar-refractivity contribution in [2.75, 3.05) is 17.2 Å². The van der Waals surface area contributed by atoms with Gasteiger partial charge in [-0.1, -0.05) is 60.6 Å². The van der Waals surface area contributed by atoms with Crippen molar-refractivity contribution >= 4 is 44.6 Å². The fourth-order valence-corrected chi connectivity index (χ4v) is 3.98. The highest BCUT2D eigenvalue weighted by Crippen LogP contribution is 2.35. The van der Waals surface area contributed by atoms with Crippen molar-refractivity contribution in [3.05, 3.63) is 76.3 Å². The molecule has 0 aliphatic carbocycles. The normalized spacial score (nSPS) is 14.7. The van der Waals surface area contributed by atoms with Crippen LogP contribution in [0.15, 0.2) is 59.6 Å². The van der Waals surface area contributed by atoms with Crippen molar-refractivity contribution in [2.45, 2.75) is 26.7 Å². The molecule has 1 heterocycles. The first-order valence-corrected chi connectivity index (χ1v) is 10.4. The minimum Gasteiger partial charge on any atom is -0.381 e. The third-order valence-electron chi connectivity index (χ3n) is 5.45. The molecule has 2 unspecified atom stereocenters. The molecule has 0 radical (unpaired) electrons. The number of halogens is 1. The van der Waals surface area contributed by atoms with Crippen molar-refractivity contribution in [3.63, 3.8) is 0 Å². The lowest BCUT2D eigenvalue weighted by Crippen LogP contribution is -2.25. The van der Waals surface area contributed by atoms with Crippen LogP contribution in [0.1, 0.15) is 48.2 Å². The van der Waals surface area contributed by atoms with E-state index in [1.54, 1.807) is 12.1 Å². The minimum atomic E-state index is -0.238. The fourth-order valence-electron chi connectivity index (χ4n) is 3.56. The van der Waals surface area contributed by atoms with Gasteiger partial charge in [0.2, 0.25) is 5.91 Å². The molecule has 29 heavy (non-hydrogen) atoms. The Hall–Kier alpha value is -2.66. The first kappa shape index (κ1) is 21.1. The monoisotopic (exact) mass is 452 g/mol. The lowest BCUT2D eigenvalue weighted by molar-refractivity contribution is -0.119. The van der Waals surface area contributed by atoms with Crippen LogP contribution >= 0.6 is 15.9 Å². The summed E-state index contributed by atoms with van der Waals surface area (Å²) in [6.07, 6.45) is 3.76. The van der Waals surface area contributed by atoms with Gasteiger partial charge in [-0.15, -0.1) is 0 Å². The van der Waals surface area contributed by atoms with Crippen LogP contribution in [0.3, 0.4) is 0 Å². The zero-order valence-electron chi connectivity index (χ0n) is 16.9. The van der Waals surface area contributed by atoms with E-state index in [4.69, 9.17) is 0 Å². The summed E-state index contributed by atoms with van der Waals surface area (Å²) in [5.41, 5.74) is 4.89. The van der Waals surface area contributed by atoms with Gasteiger partial charge in [0.25, 0.3) is 0 Å². The predicted molar refractivity (Wildman–Crippen MR) is 123 cm³/mol. The number of Topliss-reactive ketones (excluding diaryl/α,β-unsaturated/α-hetero) is 1. The second kappa shape index (κ2) is 8.78. The van der Waals surface area contributed by atoms with Crippen LogP contribution in [0.4, 0.5) is 11.4 Å². The number of benzene rings is 2. The highest BCUT2D eigenvalue weighted by atomic mass is 79.9. The zero-order valence-corrected chi connectivity index (χ0v) is 18.5. The third-order valence-corrected chi connectivity index (χ3v) is 5.94. The molecule has 1 aliphatic heterocycles. The Morgan fingerprint density at radius 3 is 2.66 bits per heavy atom. The number of allylic oxidation sites excluding steroid dienone is 2. The molecule has 4 nitrogen and oxygen atoms in total. The van der Waals surface area contributed by atoms with Gasteiger partial charge in [-0.3, -0.25) is 9.59 Å². The Kier molecular flexibility index (Phi) is 6.38. The number of ketones is 1. The molecule has 0 fully saturated rings. The lowest BCUT2D eigenvalue weighted by atomic mass is 9.88. The average molecular weight is 453 g/mol. The first-order chi connectivity index (χ1) is 13.8. The van der Waals surface area contributed by atoms with Crippen LogP contribution in [0.5, 0.6) is 0 Å². The molecule has 1 amide bonds. The second-order valence-electron chi connectivity index (χ2n) is 7.37. The maximum Gasteiger partial charge on any atom is 0.227 e. The van der Waals surface area contributed by atoms with Gasteiger partial charge in [0.15, 0.2) is 5.78 Å². The number of rotatable bonds is 6. The molecule has 2 atom stereocenters. The number of hydrogen-bond acceptors (Lipinski definition) is 3. The molecular weight excluding hydrogens is 428 g/mol. The van der Waals surface area contributed by atoms with E-state index in [0.29, 0.717) is 17.8 Å². The number of nitrogens with one attached hydrogen (secondary N) is 2. The van der Waals surface area contributed by atoms with Gasteiger partial charge >= 0.3 is 0 Å². The highest BCUT2D eigenvalue weighted by Gasteiger charge is 2.24. The topological polar surface area (TPSA) is 58.2 Å². The van der Waals surface area contributed by atoms with Crippen LogP contribution in [0, 0.1) is 5.92 Å². The summed E-state index contributed by atoms with van der Waals surface area (Å²) in [6, 6.07) is 11.6. The average Bonchev–Trinajstić information content (AvgIpc) is 2.71. The van der Waals surface area contributed by atoms with Crippen molar-refractivity contribution in [3.8, 4) is 0 Å². The van der Waals surface area contributed by atoms with E-state index in [2.05, 4.69) is 33.1 Å². The van der Waals surface area contributed by atoms with Crippen LogP contribution < -0.4 is 10.6 Å². The summed E-state index contributed by atoms with van der Waals surface area (Å²) in [4.78, 5) is 25.2. The molecule has 3 rings (SSSR count). The van der Waals surface area contributed by atoms with Crippen molar-refractivity contribution in [1.29, 1.82) is 0 Å². The summed E-state index contributed by atoms with van der Waals surface area (Å²) in [5, 5.41) is 6.28. The molecule has 2 aromatic carbocycles. The van der Waals surface area contributed by atoms with Gasteiger partial charge in [0.05, 0.1) is 0 Å². The van der Waals surface area contributed by atoms with Gasteiger partial charge in [0.1, 0.15) is 0 Å². The maximum atomic E-state index is 12.9. The molecule has 5 heteroatoms. The quantitative estimate of drug-likeness (QED) is 0.526. The fraction of sp³-hybridized carbons (Fsp3) is 0.250. The first-order valence-electron chi connectivity index (χ1n) is 9.64. The van der Waals surface area contributed by atoms with Crippen molar-refractivity contribution in [2.24, 2.45) is 5.92 Å². The Labute approximate surface area is 180 Å². The molecular formula is C24H25BrN2O2. The molecule has 0 saturated heterocycles. The van der Waals surface area contributed by atoms with Crippen LogP contribution in [-0.4, -0.2) is 18.2 Å².